The Balaban J connectivity index is 0.00000156. The van der Waals surface area contributed by atoms with Gasteiger partial charge in [0.25, 0.3) is 0 Å². The first kappa shape index (κ1) is 16.1. The van der Waals surface area contributed by atoms with Gasteiger partial charge in [0.1, 0.15) is 0 Å². The molecular formula is C21H18IrN-. The number of nitrogens with zero attached hydrogens (tertiary/aromatic N) is 1. The van der Waals surface area contributed by atoms with Gasteiger partial charge < -0.3 is 4.98 Å². The molecular weight excluding hydrogens is 458 g/mol. The molecule has 0 amide bonds. The summed E-state index contributed by atoms with van der Waals surface area (Å²) in [4.78, 5) is 4.70. The fourth-order valence-corrected chi connectivity index (χ4v) is 3.01. The normalized spacial score (nSPS) is 11.8. The summed E-state index contributed by atoms with van der Waals surface area (Å²) in [5.41, 5.74) is 2.48. The van der Waals surface area contributed by atoms with Crippen LogP contribution in [0.5, 0.6) is 0 Å². The van der Waals surface area contributed by atoms with Crippen LogP contribution in [0.2, 0.25) is 0 Å². The molecule has 3 aromatic carbocycles. The number of hydrogen-bond donors (Lipinski definition) is 0. The maximum Gasteiger partial charge on any atom is 0.0239 e. The first-order valence-electron chi connectivity index (χ1n) is 7.66. The zero-order valence-electron chi connectivity index (χ0n) is 13.5. The Kier molecular flexibility index (Phi) is 4.00. The van der Waals surface area contributed by atoms with Gasteiger partial charge in [0.15, 0.2) is 0 Å². The molecule has 0 N–H and O–H groups in total. The van der Waals surface area contributed by atoms with E-state index in [1.165, 1.54) is 27.1 Å². The molecule has 0 saturated heterocycles. The molecule has 0 spiro atoms. The average Bonchev–Trinajstić information content (AvgIpc) is 2.52. The summed E-state index contributed by atoms with van der Waals surface area (Å²) in [5.74, 6) is 0. The molecule has 4 rings (SSSR count). The van der Waals surface area contributed by atoms with Gasteiger partial charge >= 0.3 is 0 Å². The summed E-state index contributed by atoms with van der Waals surface area (Å²) < 4.78 is 0. The maximum absolute atomic E-state index is 4.70. The second-order valence-corrected chi connectivity index (χ2v) is 6.91. The van der Waals surface area contributed by atoms with Crippen LogP contribution in [0.1, 0.15) is 26.3 Å². The van der Waals surface area contributed by atoms with Gasteiger partial charge in [-0.05, 0) is 27.1 Å². The molecule has 0 bridgehead atoms. The van der Waals surface area contributed by atoms with Gasteiger partial charge in [-0.2, -0.15) is 0 Å². The standard InChI is InChI=1S/C21H18N.Ir/c1-21(2,3)16-9-11-18-14(12-16)8-10-19-17-7-5-4-6-15(17)13-22-20(18)19;/h4-10,12-13H,1-3H3;/q-1;. The van der Waals surface area contributed by atoms with E-state index in [0.29, 0.717) is 0 Å². The molecule has 0 unspecified atom stereocenters. The summed E-state index contributed by atoms with van der Waals surface area (Å²) in [6, 6.07) is 20.6. The molecule has 23 heavy (non-hydrogen) atoms. The molecule has 117 valence electrons. The summed E-state index contributed by atoms with van der Waals surface area (Å²) >= 11 is 0. The Bertz CT molecular complexity index is 1010. The van der Waals surface area contributed by atoms with Crippen LogP contribution in [0.25, 0.3) is 32.4 Å². The third-order valence-electron chi connectivity index (χ3n) is 4.34. The van der Waals surface area contributed by atoms with Crippen LogP contribution in [0.4, 0.5) is 0 Å². The Morgan fingerprint density at radius 2 is 1.70 bits per heavy atom. The van der Waals surface area contributed by atoms with Gasteiger partial charge in [-0.1, -0.05) is 57.2 Å². The SMILES string of the molecule is CC(C)(C)c1c[c-]c2c(ccc3c4ccccc4cnc23)c1.[Ir]. The van der Waals surface area contributed by atoms with Crippen molar-refractivity contribution in [2.75, 3.05) is 0 Å². The Hall–Kier alpha value is -1.76. The first-order chi connectivity index (χ1) is 10.5. The predicted octanol–water partition coefficient (Wildman–Crippen LogP) is 5.64. The molecule has 0 aliphatic rings. The van der Waals surface area contributed by atoms with Crippen LogP contribution in [0.3, 0.4) is 0 Å². The zero-order chi connectivity index (χ0) is 15.3. The molecule has 1 radical (unpaired) electrons. The quantitative estimate of drug-likeness (QED) is 0.237. The Labute approximate surface area is 150 Å². The largest absolute Gasteiger partial charge is 0.303 e. The minimum Gasteiger partial charge on any atom is -0.303 e. The van der Waals surface area contributed by atoms with Crippen LogP contribution in [0, 0.1) is 6.07 Å². The van der Waals surface area contributed by atoms with Crippen molar-refractivity contribution in [1.82, 2.24) is 4.98 Å². The van der Waals surface area contributed by atoms with Crippen LogP contribution < -0.4 is 0 Å². The number of fused-ring (bicyclic) bond motifs is 5. The molecule has 4 aromatic rings. The molecule has 2 heteroatoms. The van der Waals surface area contributed by atoms with E-state index in [4.69, 9.17) is 4.98 Å². The number of benzene rings is 3. The summed E-state index contributed by atoms with van der Waals surface area (Å²) in [5, 5.41) is 5.95. The third kappa shape index (κ3) is 2.67. The molecule has 0 aliphatic carbocycles. The number of hydrogen-bond acceptors (Lipinski definition) is 1. The third-order valence-corrected chi connectivity index (χ3v) is 4.34. The van der Waals surface area contributed by atoms with Crippen molar-refractivity contribution >= 4 is 32.4 Å². The van der Waals surface area contributed by atoms with Crippen LogP contribution in [-0.2, 0) is 25.5 Å². The van der Waals surface area contributed by atoms with Gasteiger partial charge in [0, 0.05) is 26.3 Å². The van der Waals surface area contributed by atoms with Crippen molar-refractivity contribution < 1.29 is 20.1 Å². The van der Waals surface area contributed by atoms with Gasteiger partial charge in [0.05, 0.1) is 0 Å². The smallest absolute Gasteiger partial charge is 0.0239 e. The van der Waals surface area contributed by atoms with Crippen molar-refractivity contribution in [2.45, 2.75) is 26.2 Å². The summed E-state index contributed by atoms with van der Waals surface area (Å²) in [6.07, 6.45) is 1.96. The molecule has 0 aliphatic heterocycles. The van der Waals surface area contributed by atoms with Crippen molar-refractivity contribution in [3.63, 3.8) is 0 Å². The van der Waals surface area contributed by atoms with Gasteiger partial charge in [-0.15, -0.1) is 34.5 Å². The van der Waals surface area contributed by atoms with E-state index in [9.17, 15) is 0 Å². The van der Waals surface area contributed by atoms with Gasteiger partial charge in [-0.25, -0.2) is 0 Å². The van der Waals surface area contributed by atoms with E-state index in [1.54, 1.807) is 0 Å². The van der Waals surface area contributed by atoms with Crippen molar-refractivity contribution in [2.24, 2.45) is 0 Å². The number of aromatic nitrogens is 1. The molecule has 1 heterocycles. The topological polar surface area (TPSA) is 12.9 Å². The fraction of sp³-hybridized carbons (Fsp3) is 0.190. The Morgan fingerprint density at radius 3 is 2.48 bits per heavy atom. The monoisotopic (exact) mass is 477 g/mol. The van der Waals surface area contributed by atoms with E-state index in [-0.39, 0.29) is 25.5 Å². The van der Waals surface area contributed by atoms with Crippen molar-refractivity contribution in [3.8, 4) is 0 Å². The molecule has 0 fully saturated rings. The number of rotatable bonds is 0. The van der Waals surface area contributed by atoms with E-state index >= 15 is 0 Å². The minimum absolute atomic E-state index is 0. The molecule has 0 atom stereocenters. The van der Waals surface area contributed by atoms with E-state index in [2.05, 4.69) is 75.4 Å². The van der Waals surface area contributed by atoms with Gasteiger partial charge in [-0.3, -0.25) is 0 Å². The maximum atomic E-state index is 4.70. The first-order valence-corrected chi connectivity index (χ1v) is 7.66. The predicted molar refractivity (Wildman–Crippen MR) is 94.3 cm³/mol. The average molecular weight is 477 g/mol. The van der Waals surface area contributed by atoms with Crippen LogP contribution >= 0.6 is 0 Å². The van der Waals surface area contributed by atoms with E-state index in [1.807, 2.05) is 6.20 Å². The van der Waals surface area contributed by atoms with E-state index in [0.717, 1.165) is 10.9 Å². The molecule has 1 aromatic heterocycles. The second-order valence-electron chi connectivity index (χ2n) is 6.91. The van der Waals surface area contributed by atoms with Crippen molar-refractivity contribution in [3.05, 3.63) is 66.4 Å². The molecule has 1 nitrogen and oxygen atoms in total. The summed E-state index contributed by atoms with van der Waals surface area (Å²) in [6.45, 7) is 6.69. The summed E-state index contributed by atoms with van der Waals surface area (Å²) in [7, 11) is 0. The van der Waals surface area contributed by atoms with Gasteiger partial charge in [0.2, 0.25) is 0 Å². The zero-order valence-corrected chi connectivity index (χ0v) is 15.9. The Morgan fingerprint density at radius 1 is 0.913 bits per heavy atom. The van der Waals surface area contributed by atoms with Crippen LogP contribution in [-0.4, -0.2) is 4.98 Å². The minimum atomic E-state index is 0. The fourth-order valence-electron chi connectivity index (χ4n) is 3.01. The number of pyridine rings is 1. The second kappa shape index (κ2) is 5.70. The molecule has 0 saturated carbocycles. The van der Waals surface area contributed by atoms with Crippen molar-refractivity contribution in [1.29, 1.82) is 0 Å². The van der Waals surface area contributed by atoms with E-state index < -0.39 is 0 Å². The van der Waals surface area contributed by atoms with Crippen LogP contribution in [0.15, 0.2) is 54.7 Å².